The van der Waals surface area contributed by atoms with Crippen molar-refractivity contribution in [1.82, 2.24) is 0 Å². The second-order valence-electron chi connectivity index (χ2n) is 2.41. The van der Waals surface area contributed by atoms with Crippen molar-refractivity contribution in [3.05, 3.63) is 37.0 Å². The van der Waals surface area contributed by atoms with E-state index in [0.717, 1.165) is 0 Å². The molecule has 66 valence electrons. The minimum Gasteiger partial charge on any atom is -0.451 e. The van der Waals surface area contributed by atoms with Crippen LogP contribution in [-0.4, -0.2) is 12.1 Å². The van der Waals surface area contributed by atoms with E-state index >= 15 is 0 Å². The molecular formula is C10H14O2. The van der Waals surface area contributed by atoms with E-state index in [1.54, 1.807) is 25.2 Å². The molecule has 0 N–H and O–H groups in total. The largest absolute Gasteiger partial charge is 0.451 e. The van der Waals surface area contributed by atoms with E-state index in [1.165, 1.54) is 0 Å². The maximum atomic E-state index is 11.0. The Kier molecular flexibility index (Phi) is 4.77. The van der Waals surface area contributed by atoms with Crippen LogP contribution in [0.3, 0.4) is 0 Å². The van der Waals surface area contributed by atoms with Crippen molar-refractivity contribution in [3.8, 4) is 0 Å². The van der Waals surface area contributed by atoms with Crippen LogP contribution in [0, 0.1) is 0 Å². The zero-order valence-electron chi connectivity index (χ0n) is 7.54. The van der Waals surface area contributed by atoms with Crippen LogP contribution in [0.4, 0.5) is 0 Å². The molecule has 0 aromatic heterocycles. The second kappa shape index (κ2) is 5.35. The molecule has 0 heterocycles. The van der Waals surface area contributed by atoms with Crippen molar-refractivity contribution in [2.75, 3.05) is 0 Å². The third kappa shape index (κ3) is 3.76. The molecule has 0 radical (unpaired) electrons. The Morgan fingerprint density at radius 1 is 1.58 bits per heavy atom. The fourth-order valence-electron chi connectivity index (χ4n) is 0.580. The Morgan fingerprint density at radius 2 is 2.17 bits per heavy atom. The van der Waals surface area contributed by atoms with Gasteiger partial charge >= 0.3 is 5.97 Å². The normalized spacial score (nSPS) is 12.5. The first kappa shape index (κ1) is 10.7. The minimum atomic E-state index is -0.391. The molecule has 0 rings (SSSR count). The number of esters is 1. The number of ether oxygens (including phenoxy) is 1. The Hall–Kier alpha value is -1.31. The SMILES string of the molecule is C=CC(C=CC)OC(=O)C(=C)C. The number of carbonyl (C=O) groups excluding carboxylic acids is 1. The zero-order chi connectivity index (χ0) is 9.56. The monoisotopic (exact) mass is 166 g/mol. The van der Waals surface area contributed by atoms with E-state index in [2.05, 4.69) is 13.2 Å². The Bertz CT molecular complexity index is 214. The van der Waals surface area contributed by atoms with Crippen molar-refractivity contribution < 1.29 is 9.53 Å². The molecule has 0 spiro atoms. The Morgan fingerprint density at radius 3 is 2.50 bits per heavy atom. The van der Waals surface area contributed by atoms with Crippen LogP contribution >= 0.6 is 0 Å². The van der Waals surface area contributed by atoms with Crippen molar-refractivity contribution >= 4 is 5.97 Å². The molecule has 0 saturated carbocycles. The summed E-state index contributed by atoms with van der Waals surface area (Å²) < 4.78 is 4.96. The Labute approximate surface area is 73.2 Å². The first-order valence-corrected chi connectivity index (χ1v) is 3.73. The first-order valence-electron chi connectivity index (χ1n) is 3.73. The highest BCUT2D eigenvalue weighted by atomic mass is 16.5. The average molecular weight is 166 g/mol. The Balaban J connectivity index is 4.11. The number of hydrogen-bond acceptors (Lipinski definition) is 2. The average Bonchev–Trinajstić information content (AvgIpc) is 2.03. The van der Waals surface area contributed by atoms with Gasteiger partial charge < -0.3 is 4.74 Å². The lowest BCUT2D eigenvalue weighted by atomic mass is 10.3. The second-order valence-corrected chi connectivity index (χ2v) is 2.41. The number of hydrogen-bond donors (Lipinski definition) is 0. The van der Waals surface area contributed by atoms with Crippen molar-refractivity contribution in [2.24, 2.45) is 0 Å². The maximum absolute atomic E-state index is 11.0. The fraction of sp³-hybridized carbons (Fsp3) is 0.300. The lowest BCUT2D eigenvalue weighted by molar-refractivity contribution is -0.140. The summed E-state index contributed by atoms with van der Waals surface area (Å²) in [6.45, 7) is 10.5. The van der Waals surface area contributed by atoms with Gasteiger partial charge in [-0.2, -0.15) is 0 Å². The van der Waals surface area contributed by atoms with Crippen molar-refractivity contribution in [1.29, 1.82) is 0 Å². The van der Waals surface area contributed by atoms with E-state index in [9.17, 15) is 4.79 Å². The van der Waals surface area contributed by atoms with Gasteiger partial charge in [-0.1, -0.05) is 19.2 Å². The summed E-state index contributed by atoms with van der Waals surface area (Å²) in [6, 6.07) is 0. The van der Waals surface area contributed by atoms with Crippen LogP contribution in [0.2, 0.25) is 0 Å². The van der Waals surface area contributed by atoms with E-state index in [-0.39, 0.29) is 6.10 Å². The summed E-state index contributed by atoms with van der Waals surface area (Å²) in [5.41, 5.74) is 0.395. The molecule has 2 heteroatoms. The third-order valence-corrected chi connectivity index (χ3v) is 1.21. The highest BCUT2D eigenvalue weighted by Gasteiger charge is 2.07. The van der Waals surface area contributed by atoms with Crippen LogP contribution < -0.4 is 0 Å². The van der Waals surface area contributed by atoms with Gasteiger partial charge in [-0.05, 0) is 26.0 Å². The molecule has 0 aliphatic heterocycles. The molecule has 2 nitrogen and oxygen atoms in total. The predicted molar refractivity (Wildman–Crippen MR) is 49.7 cm³/mol. The highest BCUT2D eigenvalue weighted by Crippen LogP contribution is 2.00. The van der Waals surface area contributed by atoms with Gasteiger partial charge in [0.15, 0.2) is 0 Å². The molecule has 0 bridgehead atoms. The fourth-order valence-corrected chi connectivity index (χ4v) is 0.580. The van der Waals surface area contributed by atoms with Crippen molar-refractivity contribution in [3.63, 3.8) is 0 Å². The lowest BCUT2D eigenvalue weighted by Gasteiger charge is -2.08. The van der Waals surface area contributed by atoms with E-state index in [0.29, 0.717) is 5.57 Å². The van der Waals surface area contributed by atoms with Crippen molar-refractivity contribution in [2.45, 2.75) is 20.0 Å². The smallest absolute Gasteiger partial charge is 0.334 e. The van der Waals surface area contributed by atoms with Gasteiger partial charge in [-0.3, -0.25) is 0 Å². The quantitative estimate of drug-likeness (QED) is 0.363. The van der Waals surface area contributed by atoms with Crippen LogP contribution in [0.25, 0.3) is 0 Å². The predicted octanol–water partition coefficient (Wildman–Crippen LogP) is 2.24. The van der Waals surface area contributed by atoms with Gasteiger partial charge in [0.2, 0.25) is 0 Å². The highest BCUT2D eigenvalue weighted by molar-refractivity contribution is 5.87. The van der Waals surface area contributed by atoms with Crippen LogP contribution in [-0.2, 0) is 9.53 Å². The maximum Gasteiger partial charge on any atom is 0.334 e. The van der Waals surface area contributed by atoms with Gasteiger partial charge in [0.05, 0.1) is 0 Å². The first-order chi connectivity index (χ1) is 5.61. The zero-order valence-corrected chi connectivity index (χ0v) is 7.54. The molecular weight excluding hydrogens is 152 g/mol. The van der Waals surface area contributed by atoms with Gasteiger partial charge in [0.25, 0.3) is 0 Å². The molecule has 0 saturated heterocycles. The number of rotatable bonds is 4. The molecule has 12 heavy (non-hydrogen) atoms. The van der Waals surface area contributed by atoms with Gasteiger partial charge in [-0.25, -0.2) is 4.79 Å². The molecule has 0 aromatic carbocycles. The van der Waals surface area contributed by atoms with Gasteiger partial charge in [0.1, 0.15) is 6.10 Å². The van der Waals surface area contributed by atoms with Crippen LogP contribution in [0.15, 0.2) is 37.0 Å². The standard InChI is InChI=1S/C10H14O2/c1-5-7-9(6-2)12-10(11)8(3)4/h5-7,9H,2-3H2,1,4H3. The molecule has 0 aliphatic carbocycles. The summed E-state index contributed by atoms with van der Waals surface area (Å²) in [4.78, 5) is 11.0. The molecule has 1 atom stereocenters. The summed E-state index contributed by atoms with van der Waals surface area (Å²) in [5.74, 6) is -0.391. The van der Waals surface area contributed by atoms with Crippen LogP contribution in [0.5, 0.6) is 0 Å². The van der Waals surface area contributed by atoms with E-state index in [1.807, 2.05) is 6.92 Å². The third-order valence-electron chi connectivity index (χ3n) is 1.21. The van der Waals surface area contributed by atoms with Crippen LogP contribution in [0.1, 0.15) is 13.8 Å². The number of carbonyl (C=O) groups is 1. The van der Waals surface area contributed by atoms with E-state index in [4.69, 9.17) is 4.74 Å². The molecule has 0 amide bonds. The molecule has 0 fully saturated rings. The van der Waals surface area contributed by atoms with Gasteiger partial charge in [0, 0.05) is 5.57 Å². The summed E-state index contributed by atoms with van der Waals surface area (Å²) in [5, 5.41) is 0. The molecule has 0 aliphatic rings. The topological polar surface area (TPSA) is 26.3 Å². The summed E-state index contributed by atoms with van der Waals surface area (Å²) in [7, 11) is 0. The number of allylic oxidation sites excluding steroid dienone is 1. The minimum absolute atomic E-state index is 0.348. The van der Waals surface area contributed by atoms with E-state index < -0.39 is 5.97 Å². The lowest BCUT2D eigenvalue weighted by Crippen LogP contribution is -2.13. The summed E-state index contributed by atoms with van der Waals surface area (Å²) >= 11 is 0. The molecule has 0 aromatic rings. The van der Waals surface area contributed by atoms with Gasteiger partial charge in [-0.15, -0.1) is 0 Å². The molecule has 1 unspecified atom stereocenters. The summed E-state index contributed by atoms with van der Waals surface area (Å²) in [6.07, 6.45) is 4.76.